The van der Waals surface area contributed by atoms with Crippen molar-refractivity contribution >= 4 is 17.9 Å². The Kier molecular flexibility index (Phi) is 10.9. The minimum Gasteiger partial charge on any atom is -0.494 e. The summed E-state index contributed by atoms with van der Waals surface area (Å²) in [6.45, 7) is 9.85. The Labute approximate surface area is 229 Å². The molecule has 3 rings (SSSR count). The molecule has 0 aliphatic heterocycles. The average Bonchev–Trinajstić information content (AvgIpc) is 2.95. The highest BCUT2D eigenvalue weighted by atomic mass is 16.5. The summed E-state index contributed by atoms with van der Waals surface area (Å²) in [7, 11) is 0. The smallest absolute Gasteiger partial charge is 0.343 e. The third-order valence-electron chi connectivity index (χ3n) is 6.13. The first kappa shape index (κ1) is 29.2. The third kappa shape index (κ3) is 8.57. The van der Waals surface area contributed by atoms with Crippen LogP contribution in [0.25, 0.3) is 0 Å². The number of rotatable bonds is 13. The molecule has 0 amide bonds. The topological polar surface area (TPSA) is 88.1 Å². The predicted molar refractivity (Wildman–Crippen MR) is 149 cm³/mol. The van der Waals surface area contributed by atoms with Crippen LogP contribution in [0, 0.1) is 13.8 Å². The standard InChI is InChI=1S/C32H34O7/c1-5-9-24-10-12-25(13-11-24)31(34)38-28-18-19-29(23(4)22(28)3)39-32(35)26-14-16-27(17-15-26)36-20-7-8-21-37-30(33)6-2/h6,10-19H,2,5,7-9,20-21H2,1,3-4H3. The number of carbonyl (C=O) groups excluding carboxylic acids is 3. The number of ether oxygens (including phenoxy) is 4. The van der Waals surface area contributed by atoms with Gasteiger partial charge in [0.1, 0.15) is 17.2 Å². The number of benzene rings is 3. The molecule has 0 atom stereocenters. The second-order valence-corrected chi connectivity index (χ2v) is 8.99. The maximum absolute atomic E-state index is 12.7. The summed E-state index contributed by atoms with van der Waals surface area (Å²) in [6.07, 6.45) is 4.52. The first-order valence-electron chi connectivity index (χ1n) is 13.0. The molecule has 7 nitrogen and oxygen atoms in total. The van der Waals surface area contributed by atoms with Gasteiger partial charge in [0.15, 0.2) is 0 Å². The van der Waals surface area contributed by atoms with Gasteiger partial charge in [-0.05, 0) is 98.3 Å². The van der Waals surface area contributed by atoms with E-state index in [9.17, 15) is 14.4 Å². The van der Waals surface area contributed by atoms with Crippen LogP contribution in [0.5, 0.6) is 17.2 Å². The molecule has 0 spiro atoms. The summed E-state index contributed by atoms with van der Waals surface area (Å²) in [5, 5.41) is 0. The van der Waals surface area contributed by atoms with E-state index in [0.29, 0.717) is 65.6 Å². The van der Waals surface area contributed by atoms with Crippen molar-refractivity contribution in [2.45, 2.75) is 46.5 Å². The molecule has 0 aromatic heterocycles. The second-order valence-electron chi connectivity index (χ2n) is 8.99. The third-order valence-corrected chi connectivity index (χ3v) is 6.13. The molecule has 0 aliphatic rings. The van der Waals surface area contributed by atoms with Gasteiger partial charge in [0.25, 0.3) is 0 Å². The highest BCUT2D eigenvalue weighted by Gasteiger charge is 2.16. The number of hydrogen-bond donors (Lipinski definition) is 0. The van der Waals surface area contributed by atoms with Gasteiger partial charge in [0.05, 0.1) is 24.3 Å². The van der Waals surface area contributed by atoms with Gasteiger partial charge in [0.2, 0.25) is 0 Å². The lowest BCUT2D eigenvalue weighted by Gasteiger charge is -2.14. The molecule has 0 unspecified atom stereocenters. The van der Waals surface area contributed by atoms with Gasteiger partial charge in [-0.2, -0.15) is 0 Å². The number of esters is 3. The van der Waals surface area contributed by atoms with E-state index in [1.165, 1.54) is 5.56 Å². The molecule has 0 saturated heterocycles. The Morgan fingerprint density at radius 1 is 0.744 bits per heavy atom. The lowest BCUT2D eigenvalue weighted by Crippen LogP contribution is -2.12. The first-order valence-corrected chi connectivity index (χ1v) is 13.0. The normalized spacial score (nSPS) is 10.4. The van der Waals surface area contributed by atoms with E-state index in [0.717, 1.165) is 18.9 Å². The van der Waals surface area contributed by atoms with Crippen molar-refractivity contribution in [3.8, 4) is 17.2 Å². The maximum atomic E-state index is 12.7. The maximum Gasteiger partial charge on any atom is 0.343 e. The highest BCUT2D eigenvalue weighted by molar-refractivity contribution is 5.92. The molecule has 0 saturated carbocycles. The van der Waals surface area contributed by atoms with E-state index >= 15 is 0 Å². The minimum atomic E-state index is -0.509. The fraction of sp³-hybridized carbons (Fsp3) is 0.281. The Balaban J connectivity index is 1.53. The van der Waals surface area contributed by atoms with Crippen LogP contribution < -0.4 is 14.2 Å². The van der Waals surface area contributed by atoms with Crippen molar-refractivity contribution in [3.05, 3.63) is 101 Å². The van der Waals surface area contributed by atoms with Crippen molar-refractivity contribution in [3.63, 3.8) is 0 Å². The van der Waals surface area contributed by atoms with Gasteiger partial charge in [-0.3, -0.25) is 0 Å². The van der Waals surface area contributed by atoms with Crippen molar-refractivity contribution in [1.82, 2.24) is 0 Å². The lowest BCUT2D eigenvalue weighted by atomic mass is 10.1. The van der Waals surface area contributed by atoms with E-state index < -0.39 is 17.9 Å². The van der Waals surface area contributed by atoms with Gasteiger partial charge >= 0.3 is 17.9 Å². The van der Waals surface area contributed by atoms with Crippen LogP contribution in [0.2, 0.25) is 0 Å². The molecule has 0 radical (unpaired) electrons. The fourth-order valence-corrected chi connectivity index (χ4v) is 3.72. The number of carbonyl (C=O) groups is 3. The van der Waals surface area contributed by atoms with Crippen LogP contribution in [-0.4, -0.2) is 31.1 Å². The van der Waals surface area contributed by atoms with Gasteiger partial charge in [0, 0.05) is 6.08 Å². The molecule has 204 valence electrons. The Morgan fingerprint density at radius 3 is 1.77 bits per heavy atom. The molecular weight excluding hydrogens is 496 g/mol. The Bertz CT molecular complexity index is 1290. The van der Waals surface area contributed by atoms with E-state index in [1.807, 2.05) is 26.0 Å². The van der Waals surface area contributed by atoms with Gasteiger partial charge in [-0.15, -0.1) is 0 Å². The molecule has 3 aromatic rings. The minimum absolute atomic E-state index is 0.314. The average molecular weight is 531 g/mol. The molecule has 7 heteroatoms. The van der Waals surface area contributed by atoms with E-state index in [4.69, 9.17) is 18.9 Å². The molecule has 0 fully saturated rings. The fourth-order valence-electron chi connectivity index (χ4n) is 3.72. The highest BCUT2D eigenvalue weighted by Crippen LogP contribution is 2.30. The summed E-state index contributed by atoms with van der Waals surface area (Å²) in [6, 6.07) is 17.3. The van der Waals surface area contributed by atoms with Crippen LogP contribution >= 0.6 is 0 Å². The van der Waals surface area contributed by atoms with E-state index in [-0.39, 0.29) is 0 Å². The van der Waals surface area contributed by atoms with Crippen LogP contribution in [0.15, 0.2) is 73.3 Å². The van der Waals surface area contributed by atoms with E-state index in [1.54, 1.807) is 48.5 Å². The molecule has 0 heterocycles. The zero-order valence-corrected chi connectivity index (χ0v) is 22.7. The molecule has 39 heavy (non-hydrogen) atoms. The van der Waals surface area contributed by atoms with Crippen molar-refractivity contribution in [2.24, 2.45) is 0 Å². The summed E-state index contributed by atoms with van der Waals surface area (Å²) in [4.78, 5) is 36.4. The summed E-state index contributed by atoms with van der Waals surface area (Å²) in [5.74, 6) is 0.0301. The van der Waals surface area contributed by atoms with Crippen molar-refractivity contribution in [2.75, 3.05) is 13.2 Å². The predicted octanol–water partition coefficient (Wildman–Crippen LogP) is 6.58. The van der Waals surface area contributed by atoms with Crippen molar-refractivity contribution < 1.29 is 33.3 Å². The van der Waals surface area contributed by atoms with Crippen LogP contribution in [-0.2, 0) is 16.0 Å². The summed E-state index contributed by atoms with van der Waals surface area (Å²) < 4.78 is 21.8. The lowest BCUT2D eigenvalue weighted by molar-refractivity contribution is -0.137. The number of aryl methyl sites for hydroxylation is 1. The SMILES string of the molecule is C=CC(=O)OCCCCOc1ccc(C(=O)Oc2ccc(OC(=O)c3ccc(CCC)cc3)c(C)c2C)cc1. The largest absolute Gasteiger partial charge is 0.494 e. The molecular formula is C32H34O7. The van der Waals surface area contributed by atoms with Crippen LogP contribution in [0.4, 0.5) is 0 Å². The van der Waals surface area contributed by atoms with Crippen LogP contribution in [0.1, 0.15) is 63.6 Å². The molecule has 0 aliphatic carbocycles. The Morgan fingerprint density at radius 2 is 1.26 bits per heavy atom. The molecule has 3 aromatic carbocycles. The van der Waals surface area contributed by atoms with Crippen molar-refractivity contribution in [1.29, 1.82) is 0 Å². The van der Waals surface area contributed by atoms with Gasteiger partial charge < -0.3 is 18.9 Å². The summed E-state index contributed by atoms with van der Waals surface area (Å²) in [5.41, 5.74) is 3.43. The van der Waals surface area contributed by atoms with Gasteiger partial charge in [-0.25, -0.2) is 14.4 Å². The summed E-state index contributed by atoms with van der Waals surface area (Å²) >= 11 is 0. The monoisotopic (exact) mass is 530 g/mol. The number of unbranched alkanes of at least 4 members (excludes halogenated alkanes) is 1. The van der Waals surface area contributed by atoms with Gasteiger partial charge in [-0.1, -0.05) is 32.1 Å². The van der Waals surface area contributed by atoms with Crippen LogP contribution in [0.3, 0.4) is 0 Å². The number of hydrogen-bond acceptors (Lipinski definition) is 7. The second kappa shape index (κ2) is 14.5. The zero-order valence-electron chi connectivity index (χ0n) is 22.7. The first-order chi connectivity index (χ1) is 18.8. The Hall–Kier alpha value is -4.39. The quantitative estimate of drug-likeness (QED) is 0.107. The van der Waals surface area contributed by atoms with E-state index in [2.05, 4.69) is 13.5 Å². The zero-order chi connectivity index (χ0) is 28.2. The molecule has 0 N–H and O–H groups in total. The molecule has 0 bridgehead atoms.